The molecule has 0 aliphatic heterocycles. The van der Waals surface area contributed by atoms with E-state index in [0.717, 1.165) is 0 Å². The van der Waals surface area contributed by atoms with Crippen LogP contribution in [0.1, 0.15) is 25.5 Å². The van der Waals surface area contributed by atoms with Crippen LogP contribution in [0.15, 0.2) is 18.2 Å². The third kappa shape index (κ3) is 4.54. The Kier molecular flexibility index (Phi) is 4.59. The first-order chi connectivity index (χ1) is 8.19. The summed E-state index contributed by atoms with van der Waals surface area (Å²) in [6.07, 6.45) is 1.19. The molecule has 102 valence electrons. The first-order valence-corrected chi connectivity index (χ1v) is 7.70. The molecule has 0 saturated heterocycles. The van der Waals surface area contributed by atoms with Crippen LogP contribution < -0.4 is 5.32 Å². The van der Waals surface area contributed by atoms with Crippen molar-refractivity contribution in [1.29, 1.82) is 0 Å². The third-order valence-corrected chi connectivity index (χ3v) is 3.67. The molecule has 1 rings (SSSR count). The van der Waals surface area contributed by atoms with Crippen molar-refractivity contribution in [2.75, 3.05) is 12.0 Å². The van der Waals surface area contributed by atoms with Gasteiger partial charge in [0.25, 0.3) is 0 Å². The van der Waals surface area contributed by atoms with Crippen LogP contribution in [0.3, 0.4) is 0 Å². The van der Waals surface area contributed by atoms with Crippen molar-refractivity contribution in [2.45, 2.75) is 25.9 Å². The second-order valence-corrected chi connectivity index (χ2v) is 6.81. The maximum absolute atomic E-state index is 11.1. The Hall–Kier alpha value is -1.27. The highest BCUT2D eigenvalue weighted by molar-refractivity contribution is 7.90. The molecule has 0 spiro atoms. The van der Waals surface area contributed by atoms with Gasteiger partial charge < -0.3 is 15.5 Å². The molecule has 0 fully saturated rings. The summed E-state index contributed by atoms with van der Waals surface area (Å²) in [5, 5.41) is 22.0. The summed E-state index contributed by atoms with van der Waals surface area (Å²) in [7, 11) is -3.03. The van der Waals surface area contributed by atoms with E-state index in [1.54, 1.807) is 13.0 Å². The van der Waals surface area contributed by atoms with Crippen LogP contribution in [0.5, 0.6) is 11.5 Å². The highest BCUT2D eigenvalue weighted by atomic mass is 32.2. The minimum Gasteiger partial charge on any atom is -0.508 e. The standard InChI is InChI=1S/C12H19NO4S/c1-8(7-18(3,16)17)13-9(2)11-5-4-10(14)6-12(11)15/h4-6,8-9,13-15H,7H2,1-3H3. The Morgan fingerprint density at radius 1 is 1.28 bits per heavy atom. The molecule has 1 aromatic rings. The number of hydrogen-bond acceptors (Lipinski definition) is 5. The van der Waals surface area contributed by atoms with Gasteiger partial charge in [0, 0.05) is 30.0 Å². The molecular formula is C12H19NO4S. The zero-order valence-corrected chi connectivity index (χ0v) is 11.5. The average molecular weight is 273 g/mol. The topological polar surface area (TPSA) is 86.6 Å². The minimum absolute atomic E-state index is 0.00682. The van der Waals surface area contributed by atoms with Crippen LogP contribution in [0.25, 0.3) is 0 Å². The monoisotopic (exact) mass is 273 g/mol. The normalized spacial score (nSPS) is 15.3. The molecule has 2 atom stereocenters. The lowest BCUT2D eigenvalue weighted by atomic mass is 10.1. The summed E-state index contributed by atoms with van der Waals surface area (Å²) >= 11 is 0. The van der Waals surface area contributed by atoms with Gasteiger partial charge in [-0.3, -0.25) is 0 Å². The van der Waals surface area contributed by atoms with Gasteiger partial charge in [-0.05, 0) is 19.9 Å². The zero-order chi connectivity index (χ0) is 13.9. The van der Waals surface area contributed by atoms with Gasteiger partial charge in [0.2, 0.25) is 0 Å². The first-order valence-electron chi connectivity index (χ1n) is 5.64. The highest BCUT2D eigenvalue weighted by Crippen LogP contribution is 2.27. The lowest BCUT2D eigenvalue weighted by molar-refractivity contribution is 0.429. The van der Waals surface area contributed by atoms with Crippen molar-refractivity contribution < 1.29 is 18.6 Å². The molecular weight excluding hydrogens is 254 g/mol. The van der Waals surface area contributed by atoms with Gasteiger partial charge >= 0.3 is 0 Å². The fourth-order valence-electron chi connectivity index (χ4n) is 1.92. The number of benzene rings is 1. The average Bonchev–Trinajstić information content (AvgIpc) is 2.13. The molecule has 0 radical (unpaired) electrons. The third-order valence-electron chi connectivity index (χ3n) is 2.57. The summed E-state index contributed by atoms with van der Waals surface area (Å²) in [5.74, 6) is 0.0186. The fraction of sp³-hybridized carbons (Fsp3) is 0.500. The Morgan fingerprint density at radius 3 is 2.39 bits per heavy atom. The lowest BCUT2D eigenvalue weighted by Gasteiger charge is -2.20. The predicted molar refractivity (Wildman–Crippen MR) is 70.5 cm³/mol. The Balaban J connectivity index is 2.73. The van der Waals surface area contributed by atoms with Crippen LogP contribution in [0, 0.1) is 0 Å². The number of phenolic OH excluding ortho intramolecular Hbond substituents is 2. The van der Waals surface area contributed by atoms with Gasteiger partial charge in [-0.25, -0.2) is 8.42 Å². The number of phenols is 2. The summed E-state index contributed by atoms with van der Waals surface area (Å²) < 4.78 is 22.3. The van der Waals surface area contributed by atoms with Crippen LogP contribution in [0.4, 0.5) is 0 Å². The molecule has 1 aromatic carbocycles. The fourth-order valence-corrected chi connectivity index (χ4v) is 2.92. The van der Waals surface area contributed by atoms with Crippen molar-refractivity contribution in [3.05, 3.63) is 23.8 Å². The quantitative estimate of drug-likeness (QED) is 0.750. The molecule has 2 unspecified atom stereocenters. The van der Waals surface area contributed by atoms with Gasteiger partial charge in [-0.2, -0.15) is 0 Å². The molecule has 18 heavy (non-hydrogen) atoms. The first kappa shape index (κ1) is 14.8. The predicted octanol–water partition coefficient (Wildman–Crippen LogP) is 1.18. The molecule has 0 heterocycles. The Morgan fingerprint density at radius 2 is 1.89 bits per heavy atom. The van der Waals surface area contributed by atoms with E-state index in [0.29, 0.717) is 5.56 Å². The summed E-state index contributed by atoms with van der Waals surface area (Å²) in [5.41, 5.74) is 0.619. The Bertz CT molecular complexity index is 513. The van der Waals surface area contributed by atoms with E-state index in [9.17, 15) is 18.6 Å². The van der Waals surface area contributed by atoms with Crippen LogP contribution >= 0.6 is 0 Å². The van der Waals surface area contributed by atoms with Crippen LogP contribution in [-0.2, 0) is 9.84 Å². The van der Waals surface area contributed by atoms with Crippen LogP contribution in [-0.4, -0.2) is 36.7 Å². The number of rotatable bonds is 5. The molecule has 0 aromatic heterocycles. The number of nitrogens with one attached hydrogen (secondary N) is 1. The minimum atomic E-state index is -3.03. The summed E-state index contributed by atoms with van der Waals surface area (Å²) in [6, 6.07) is 3.92. The lowest BCUT2D eigenvalue weighted by Crippen LogP contribution is -2.34. The zero-order valence-electron chi connectivity index (χ0n) is 10.7. The number of hydrogen-bond donors (Lipinski definition) is 3. The van der Waals surface area contributed by atoms with Gasteiger partial charge in [0.05, 0.1) is 5.75 Å². The number of aromatic hydroxyl groups is 2. The van der Waals surface area contributed by atoms with Gasteiger partial charge in [-0.15, -0.1) is 0 Å². The van der Waals surface area contributed by atoms with Gasteiger partial charge in [0.15, 0.2) is 0 Å². The van der Waals surface area contributed by atoms with Gasteiger partial charge in [0.1, 0.15) is 21.3 Å². The van der Waals surface area contributed by atoms with Crippen molar-refractivity contribution >= 4 is 9.84 Å². The van der Waals surface area contributed by atoms with Crippen molar-refractivity contribution in [3.63, 3.8) is 0 Å². The molecule has 0 aliphatic carbocycles. The highest BCUT2D eigenvalue weighted by Gasteiger charge is 2.16. The van der Waals surface area contributed by atoms with Crippen molar-refractivity contribution in [3.8, 4) is 11.5 Å². The van der Waals surface area contributed by atoms with E-state index < -0.39 is 9.84 Å². The van der Waals surface area contributed by atoms with E-state index in [2.05, 4.69) is 5.32 Å². The van der Waals surface area contributed by atoms with E-state index in [4.69, 9.17) is 0 Å². The Labute approximate surface area is 107 Å². The number of sulfone groups is 1. The van der Waals surface area contributed by atoms with E-state index in [-0.39, 0.29) is 29.3 Å². The molecule has 0 aliphatic rings. The summed E-state index contributed by atoms with van der Waals surface area (Å²) in [6.45, 7) is 3.60. The molecule has 0 amide bonds. The van der Waals surface area contributed by atoms with Crippen molar-refractivity contribution in [1.82, 2.24) is 5.32 Å². The largest absolute Gasteiger partial charge is 0.508 e. The van der Waals surface area contributed by atoms with E-state index in [1.807, 2.05) is 6.92 Å². The van der Waals surface area contributed by atoms with Crippen molar-refractivity contribution in [2.24, 2.45) is 0 Å². The summed E-state index contributed by atoms with van der Waals surface area (Å²) in [4.78, 5) is 0. The second kappa shape index (κ2) is 5.58. The van der Waals surface area contributed by atoms with Crippen LogP contribution in [0.2, 0.25) is 0 Å². The van der Waals surface area contributed by atoms with E-state index in [1.165, 1.54) is 18.4 Å². The molecule has 5 nitrogen and oxygen atoms in total. The smallest absolute Gasteiger partial charge is 0.148 e. The molecule has 3 N–H and O–H groups in total. The van der Waals surface area contributed by atoms with E-state index >= 15 is 0 Å². The maximum Gasteiger partial charge on any atom is 0.148 e. The molecule has 0 saturated carbocycles. The molecule has 6 heteroatoms. The second-order valence-electron chi connectivity index (χ2n) is 4.62. The SMILES string of the molecule is CC(CS(C)(=O)=O)NC(C)c1ccc(O)cc1O. The molecule has 0 bridgehead atoms. The van der Waals surface area contributed by atoms with Gasteiger partial charge in [-0.1, -0.05) is 6.07 Å². The maximum atomic E-state index is 11.1.